The van der Waals surface area contributed by atoms with Crippen LogP contribution in [-0.2, 0) is 9.59 Å². The predicted octanol–water partition coefficient (Wildman–Crippen LogP) is -0.00882. The maximum absolute atomic E-state index is 11.1. The van der Waals surface area contributed by atoms with Crippen molar-refractivity contribution < 1.29 is 9.59 Å². The topological polar surface area (TPSA) is 61.2 Å². The van der Waals surface area contributed by atoms with Crippen LogP contribution in [0.1, 0.15) is 0 Å². The Balaban J connectivity index is 3.19. The number of likely N-dealkylation sites (N-methyl/N-ethyl adjacent to an activating group) is 1. The van der Waals surface area contributed by atoms with Crippen molar-refractivity contribution in [2.45, 2.75) is 0 Å². The molecule has 0 unspecified atom stereocenters. The number of nitrogens with zero attached hydrogens (tertiary/aromatic N) is 2. The van der Waals surface area contributed by atoms with Crippen LogP contribution in [-0.4, -0.2) is 23.8 Å². The monoisotopic (exact) mass is 162 g/mol. The van der Waals surface area contributed by atoms with E-state index >= 15 is 0 Å². The van der Waals surface area contributed by atoms with Crippen molar-refractivity contribution in [3.05, 3.63) is 23.8 Å². The van der Waals surface area contributed by atoms with Crippen molar-refractivity contribution in [3.63, 3.8) is 0 Å². The molecule has 0 aromatic carbocycles. The molecule has 0 N–H and O–H groups in total. The number of hydrogen-bond donors (Lipinski definition) is 0. The first-order valence-electron chi connectivity index (χ1n) is 3.21. The Bertz CT molecular complexity index is 347. The summed E-state index contributed by atoms with van der Waals surface area (Å²) in [5, 5.41) is 8.47. The molecule has 1 aliphatic heterocycles. The van der Waals surface area contributed by atoms with Gasteiger partial charge in [0.1, 0.15) is 11.6 Å². The number of rotatable bonds is 0. The molecule has 0 spiro atoms. The lowest BCUT2D eigenvalue weighted by atomic mass is 10.1. The lowest BCUT2D eigenvalue weighted by molar-refractivity contribution is -0.138. The van der Waals surface area contributed by atoms with E-state index in [0.717, 1.165) is 4.90 Å². The van der Waals surface area contributed by atoms with Gasteiger partial charge in [-0.15, -0.1) is 0 Å². The van der Waals surface area contributed by atoms with Crippen molar-refractivity contribution in [1.29, 1.82) is 5.26 Å². The Morgan fingerprint density at radius 3 is 2.58 bits per heavy atom. The summed E-state index contributed by atoms with van der Waals surface area (Å²) in [5.41, 5.74) is 0.107. The first kappa shape index (κ1) is 8.21. The zero-order chi connectivity index (χ0) is 9.30. The van der Waals surface area contributed by atoms with Gasteiger partial charge in [0.2, 0.25) is 0 Å². The van der Waals surface area contributed by atoms with Crippen LogP contribution in [0.25, 0.3) is 0 Å². The molecule has 0 aromatic rings. The lowest BCUT2D eigenvalue weighted by Gasteiger charge is -2.18. The SMILES string of the molecule is C=C1C=C(C#N)C(=O)N(C)C1=O. The van der Waals surface area contributed by atoms with Gasteiger partial charge in [-0.2, -0.15) is 5.26 Å². The van der Waals surface area contributed by atoms with E-state index < -0.39 is 11.8 Å². The van der Waals surface area contributed by atoms with Crippen LogP contribution in [0.3, 0.4) is 0 Å². The van der Waals surface area contributed by atoms with Gasteiger partial charge in [0.05, 0.1) is 0 Å². The highest BCUT2D eigenvalue weighted by Gasteiger charge is 2.27. The van der Waals surface area contributed by atoms with Gasteiger partial charge in [-0.1, -0.05) is 6.58 Å². The molecule has 1 rings (SSSR count). The Kier molecular flexibility index (Phi) is 1.80. The molecule has 0 bridgehead atoms. The lowest BCUT2D eigenvalue weighted by Crippen LogP contribution is -2.37. The second-order valence-electron chi connectivity index (χ2n) is 2.36. The third-order valence-electron chi connectivity index (χ3n) is 1.55. The van der Waals surface area contributed by atoms with Crippen LogP contribution < -0.4 is 0 Å². The third kappa shape index (κ3) is 1.01. The van der Waals surface area contributed by atoms with Crippen molar-refractivity contribution in [3.8, 4) is 6.07 Å². The summed E-state index contributed by atoms with van der Waals surface area (Å²) in [6.07, 6.45) is 1.20. The number of imide groups is 1. The molecule has 0 saturated carbocycles. The molecule has 0 fully saturated rings. The van der Waals surface area contributed by atoms with Crippen molar-refractivity contribution >= 4 is 11.8 Å². The summed E-state index contributed by atoms with van der Waals surface area (Å²) >= 11 is 0. The van der Waals surface area contributed by atoms with Crippen LogP contribution in [0.2, 0.25) is 0 Å². The van der Waals surface area contributed by atoms with Gasteiger partial charge in [0, 0.05) is 12.6 Å². The van der Waals surface area contributed by atoms with E-state index in [4.69, 9.17) is 5.26 Å². The van der Waals surface area contributed by atoms with E-state index in [1.165, 1.54) is 13.1 Å². The van der Waals surface area contributed by atoms with Crippen LogP contribution in [0, 0.1) is 11.3 Å². The molecule has 2 amide bonds. The van der Waals surface area contributed by atoms with Gasteiger partial charge in [-0.3, -0.25) is 14.5 Å². The van der Waals surface area contributed by atoms with Crippen LogP contribution >= 0.6 is 0 Å². The molecule has 0 saturated heterocycles. The molecule has 0 radical (unpaired) electrons. The second kappa shape index (κ2) is 2.62. The fourth-order valence-electron chi connectivity index (χ4n) is 0.866. The van der Waals surface area contributed by atoms with E-state index in [9.17, 15) is 9.59 Å². The van der Waals surface area contributed by atoms with E-state index in [1.54, 1.807) is 6.07 Å². The standard InChI is InChI=1S/C8H6N2O2/c1-5-3-6(4-9)8(12)10(2)7(5)11/h3H,1H2,2H3. The molecular weight excluding hydrogens is 156 g/mol. The number of amides is 2. The van der Waals surface area contributed by atoms with Gasteiger partial charge in [0.15, 0.2) is 0 Å². The summed E-state index contributed by atoms with van der Waals surface area (Å²) < 4.78 is 0. The van der Waals surface area contributed by atoms with Crippen molar-refractivity contribution in [1.82, 2.24) is 4.90 Å². The molecule has 0 aromatic heterocycles. The molecule has 0 aliphatic carbocycles. The third-order valence-corrected chi connectivity index (χ3v) is 1.55. The highest BCUT2D eigenvalue weighted by molar-refractivity contribution is 6.16. The minimum absolute atomic E-state index is 0.0536. The number of hydrogen-bond acceptors (Lipinski definition) is 3. The molecule has 4 heteroatoms. The Hall–Kier alpha value is -1.89. The highest BCUT2D eigenvalue weighted by atomic mass is 16.2. The minimum Gasteiger partial charge on any atom is -0.277 e. The first-order chi connectivity index (χ1) is 5.57. The predicted molar refractivity (Wildman–Crippen MR) is 40.6 cm³/mol. The summed E-state index contributed by atoms with van der Waals surface area (Å²) in [4.78, 5) is 23.0. The summed E-state index contributed by atoms with van der Waals surface area (Å²) in [6.45, 7) is 3.41. The zero-order valence-electron chi connectivity index (χ0n) is 6.50. The maximum Gasteiger partial charge on any atom is 0.271 e. The number of carbonyl (C=O) groups is 2. The Labute approximate surface area is 69.4 Å². The van der Waals surface area contributed by atoms with Crippen LogP contribution in [0.4, 0.5) is 0 Å². The minimum atomic E-state index is -0.574. The van der Waals surface area contributed by atoms with Gasteiger partial charge < -0.3 is 0 Å². The Morgan fingerprint density at radius 2 is 2.08 bits per heavy atom. The molecule has 4 nitrogen and oxygen atoms in total. The molecular formula is C8H6N2O2. The van der Waals surface area contributed by atoms with Crippen molar-refractivity contribution in [2.24, 2.45) is 0 Å². The average molecular weight is 162 g/mol. The highest BCUT2D eigenvalue weighted by Crippen LogP contribution is 2.13. The Morgan fingerprint density at radius 1 is 1.50 bits per heavy atom. The smallest absolute Gasteiger partial charge is 0.271 e. The molecule has 1 heterocycles. The summed E-state index contributed by atoms with van der Waals surface area (Å²) in [7, 11) is 1.32. The summed E-state index contributed by atoms with van der Waals surface area (Å²) in [5.74, 6) is -1.03. The van der Waals surface area contributed by atoms with Gasteiger partial charge in [-0.25, -0.2) is 0 Å². The van der Waals surface area contributed by atoms with Gasteiger partial charge in [0.25, 0.3) is 11.8 Å². The fourth-order valence-corrected chi connectivity index (χ4v) is 0.866. The van der Waals surface area contributed by atoms with Crippen LogP contribution in [0.5, 0.6) is 0 Å². The quantitative estimate of drug-likeness (QED) is 0.372. The number of nitriles is 1. The molecule has 0 atom stereocenters. The maximum atomic E-state index is 11.1. The van der Waals surface area contributed by atoms with Crippen LogP contribution in [0.15, 0.2) is 23.8 Å². The van der Waals surface area contributed by atoms with Gasteiger partial charge >= 0.3 is 0 Å². The van der Waals surface area contributed by atoms with E-state index in [-0.39, 0.29) is 11.1 Å². The fraction of sp³-hybridized carbons (Fsp3) is 0.125. The molecule has 1 aliphatic rings. The van der Waals surface area contributed by atoms with E-state index in [2.05, 4.69) is 6.58 Å². The van der Waals surface area contributed by atoms with Crippen molar-refractivity contribution in [2.75, 3.05) is 7.05 Å². The van der Waals surface area contributed by atoms with E-state index in [0.29, 0.717) is 0 Å². The summed E-state index contributed by atoms with van der Waals surface area (Å²) in [6, 6.07) is 1.69. The molecule has 12 heavy (non-hydrogen) atoms. The zero-order valence-corrected chi connectivity index (χ0v) is 6.50. The number of carbonyl (C=O) groups excluding carboxylic acids is 2. The van der Waals surface area contributed by atoms with Gasteiger partial charge in [-0.05, 0) is 6.08 Å². The average Bonchev–Trinajstić information content (AvgIpc) is 2.08. The largest absolute Gasteiger partial charge is 0.277 e. The second-order valence-corrected chi connectivity index (χ2v) is 2.36. The van der Waals surface area contributed by atoms with E-state index in [1.807, 2.05) is 0 Å². The molecule has 60 valence electrons. The first-order valence-corrected chi connectivity index (χ1v) is 3.21. The normalized spacial score (nSPS) is 17.5.